The summed E-state index contributed by atoms with van der Waals surface area (Å²) in [6, 6.07) is 0. The zero-order chi connectivity index (χ0) is 5.28. The molecule has 1 aliphatic rings. The highest BCUT2D eigenvalue weighted by molar-refractivity contribution is 6.62. The maximum atomic E-state index is 8.46. The van der Waals surface area contributed by atoms with Crippen molar-refractivity contribution in [1.29, 1.82) is 0 Å². The highest BCUT2D eigenvalue weighted by atomic mass is 16.7. The van der Waals surface area contributed by atoms with Gasteiger partial charge in [-0.25, -0.2) is 0 Å². The van der Waals surface area contributed by atoms with Gasteiger partial charge in [0.2, 0.25) is 0 Å². The Kier molecular flexibility index (Phi) is 1.37. The van der Waals surface area contributed by atoms with Crippen molar-refractivity contribution in [2.24, 2.45) is 0 Å². The van der Waals surface area contributed by atoms with Crippen molar-refractivity contribution in [2.75, 3.05) is 6.51 Å². The zero-order valence-corrected chi connectivity index (χ0v) is 4.13. The molecule has 1 rings (SSSR count). The first-order chi connectivity index (χ1) is 3.29. The van der Waals surface area contributed by atoms with E-state index in [1.807, 2.05) is 0 Å². The van der Waals surface area contributed by atoms with Gasteiger partial charge in [0.05, 0.1) is 6.51 Å². The van der Waals surface area contributed by atoms with Gasteiger partial charge in [0.25, 0.3) is 0 Å². The second kappa shape index (κ2) is 1.86. The minimum absolute atomic E-state index is 0.125. The lowest BCUT2D eigenvalue weighted by Gasteiger charge is -1.92. The van der Waals surface area contributed by atoms with Crippen molar-refractivity contribution in [3.63, 3.8) is 0 Å². The molecular weight excluding hydrogens is 93.6 g/mol. The van der Waals surface area contributed by atoms with Crippen LogP contribution < -0.4 is 0 Å². The summed E-state index contributed by atoms with van der Waals surface area (Å²) >= 11 is 0. The predicted octanol–water partition coefficient (Wildman–Crippen LogP) is -0.829. The van der Waals surface area contributed by atoms with Crippen LogP contribution in [0.25, 0.3) is 0 Å². The van der Waals surface area contributed by atoms with Gasteiger partial charge in [-0.2, -0.15) is 0 Å². The Bertz CT molecular complexity index is 62.0. The number of rotatable bonds is 2. The summed E-state index contributed by atoms with van der Waals surface area (Å²) in [6.45, 7) is 2.19. The minimum Gasteiger partial charge on any atom is -0.450 e. The molecule has 38 valence electrons. The molecule has 0 radical (unpaired) electrons. The summed E-state index contributed by atoms with van der Waals surface area (Å²) < 4.78 is 9.33. The fraction of sp³-hybridized carbons (Fsp3) is 1.00. The van der Waals surface area contributed by atoms with Crippen molar-refractivity contribution < 1.29 is 14.3 Å². The molecule has 0 aromatic carbocycles. The molecule has 0 saturated carbocycles. The Morgan fingerprint density at radius 1 is 2.00 bits per heavy atom. The van der Waals surface area contributed by atoms with E-state index < -0.39 is 7.12 Å². The lowest BCUT2D eigenvalue weighted by atomic mass is 9.90. The fourth-order valence-electron chi connectivity index (χ4n) is 0.338. The van der Waals surface area contributed by atoms with Crippen LogP contribution in [0.5, 0.6) is 0 Å². The summed E-state index contributed by atoms with van der Waals surface area (Å²) in [5.41, 5.74) is 0. The molecule has 5 heteroatoms. The van der Waals surface area contributed by atoms with E-state index in [1.165, 1.54) is 0 Å². The normalized spacial score (nSPS) is 17.1. The van der Waals surface area contributed by atoms with Crippen molar-refractivity contribution in [3.8, 4) is 0 Å². The third-order valence-corrected chi connectivity index (χ3v) is 0.651. The molecule has 1 heterocycles. The number of hydrogen-bond acceptors (Lipinski definition) is 3. The van der Waals surface area contributed by atoms with Crippen LogP contribution in [0.15, 0.2) is 0 Å². The summed E-state index contributed by atoms with van der Waals surface area (Å²) in [6.07, 6.45) is 0. The van der Waals surface area contributed by atoms with Gasteiger partial charge < -0.3 is 14.3 Å². The van der Waals surface area contributed by atoms with Gasteiger partial charge in [-0.05, 0) is 6.82 Å². The predicted molar refractivity (Wildman–Crippen MR) is 26.6 cm³/mol. The first kappa shape index (κ1) is 5.15. The molecule has 0 amide bonds. The average molecular weight is 99.7 g/mol. The summed E-state index contributed by atoms with van der Waals surface area (Å²) in [4.78, 5) is 0. The van der Waals surface area contributed by atoms with Gasteiger partial charge in [-0.3, -0.25) is 0 Å². The maximum Gasteiger partial charge on any atom is 0.468 e. The largest absolute Gasteiger partial charge is 0.468 e. The second-order valence-corrected chi connectivity index (χ2v) is 1.50. The minimum atomic E-state index is -0.688. The van der Waals surface area contributed by atoms with Gasteiger partial charge >= 0.3 is 14.2 Å². The van der Waals surface area contributed by atoms with E-state index in [2.05, 4.69) is 4.65 Å². The Morgan fingerprint density at radius 2 is 2.57 bits per heavy atom. The van der Waals surface area contributed by atoms with Crippen molar-refractivity contribution in [2.45, 2.75) is 6.82 Å². The van der Waals surface area contributed by atoms with Crippen LogP contribution in [0.3, 0.4) is 0 Å². The van der Waals surface area contributed by atoms with E-state index in [1.54, 1.807) is 6.82 Å². The molecular formula is C2H6B2O3. The first-order valence-corrected chi connectivity index (χ1v) is 2.24. The average Bonchev–Trinajstić information content (AvgIpc) is 2.17. The van der Waals surface area contributed by atoms with Crippen LogP contribution in [0.4, 0.5) is 0 Å². The quantitative estimate of drug-likeness (QED) is 0.363. The Hall–Kier alpha value is 0.00987. The molecule has 1 aliphatic heterocycles. The Labute approximate surface area is 42.9 Å². The maximum absolute atomic E-state index is 8.46. The molecule has 1 N–H and O–H groups in total. The van der Waals surface area contributed by atoms with E-state index in [9.17, 15) is 0 Å². The molecule has 3 nitrogen and oxygen atoms in total. The molecule has 0 aromatic heterocycles. The van der Waals surface area contributed by atoms with Gasteiger partial charge in [0, 0.05) is 0 Å². The highest BCUT2D eigenvalue weighted by Crippen LogP contribution is 2.04. The topological polar surface area (TPSA) is 42.0 Å². The van der Waals surface area contributed by atoms with E-state index in [0.717, 1.165) is 0 Å². The Morgan fingerprint density at radius 3 is 2.71 bits per heavy atom. The van der Waals surface area contributed by atoms with Gasteiger partial charge in [0.15, 0.2) is 0 Å². The highest BCUT2D eigenvalue weighted by Gasteiger charge is 2.34. The van der Waals surface area contributed by atoms with Crippen LogP contribution in [-0.2, 0) is 9.23 Å². The molecule has 0 aliphatic carbocycles. The van der Waals surface area contributed by atoms with E-state index in [4.69, 9.17) is 9.60 Å². The molecule has 7 heavy (non-hydrogen) atoms. The van der Waals surface area contributed by atoms with Crippen molar-refractivity contribution >= 4 is 14.2 Å². The van der Waals surface area contributed by atoms with Crippen LogP contribution in [0.1, 0.15) is 0 Å². The van der Waals surface area contributed by atoms with Crippen molar-refractivity contribution in [1.82, 2.24) is 0 Å². The van der Waals surface area contributed by atoms with Crippen molar-refractivity contribution in [3.05, 3.63) is 0 Å². The van der Waals surface area contributed by atoms with Gasteiger partial charge in [-0.15, -0.1) is 0 Å². The summed E-state index contributed by atoms with van der Waals surface area (Å²) in [5.74, 6) is 0. The summed E-state index contributed by atoms with van der Waals surface area (Å²) in [7, 11) is -0.813. The Balaban J connectivity index is 1.97. The molecule has 1 saturated heterocycles. The lowest BCUT2D eigenvalue weighted by molar-refractivity contribution is 0.410. The van der Waals surface area contributed by atoms with E-state index >= 15 is 0 Å². The van der Waals surface area contributed by atoms with Gasteiger partial charge in [0.1, 0.15) is 0 Å². The number of hydrogen-bond donors (Lipinski definition) is 1. The van der Waals surface area contributed by atoms with E-state index in [0.29, 0.717) is 6.51 Å². The lowest BCUT2D eigenvalue weighted by Crippen LogP contribution is -2.16. The third-order valence-electron chi connectivity index (χ3n) is 0.651. The zero-order valence-electron chi connectivity index (χ0n) is 4.13. The SMILES string of the molecule is CB(O)OB1CO1. The fourth-order valence-corrected chi connectivity index (χ4v) is 0.338. The molecule has 0 unspecified atom stereocenters. The van der Waals surface area contributed by atoms with Gasteiger partial charge in [-0.1, -0.05) is 0 Å². The molecule has 0 atom stereocenters. The molecule has 0 bridgehead atoms. The monoisotopic (exact) mass is 100 g/mol. The standard InChI is InChI=1S/C2H6B2O3/c1-3(5)7-4-2-6-4/h5H,2H2,1H3. The molecule has 0 spiro atoms. The first-order valence-electron chi connectivity index (χ1n) is 2.24. The smallest absolute Gasteiger partial charge is 0.450 e. The molecule has 1 fully saturated rings. The molecule has 0 aromatic rings. The second-order valence-electron chi connectivity index (χ2n) is 1.50. The van der Waals surface area contributed by atoms with Crippen LogP contribution in [-0.4, -0.2) is 25.8 Å². The summed E-state index contributed by atoms with van der Waals surface area (Å²) in [5, 5.41) is 8.46. The van der Waals surface area contributed by atoms with E-state index in [-0.39, 0.29) is 7.12 Å². The third kappa shape index (κ3) is 1.97. The van der Waals surface area contributed by atoms with Crippen LogP contribution in [0, 0.1) is 0 Å². The van der Waals surface area contributed by atoms with Crippen LogP contribution >= 0.6 is 0 Å². The van der Waals surface area contributed by atoms with Crippen LogP contribution in [0.2, 0.25) is 6.82 Å².